The van der Waals surface area contributed by atoms with Gasteiger partial charge >= 0.3 is 0 Å². The van der Waals surface area contributed by atoms with Gasteiger partial charge < -0.3 is 10.2 Å². The third-order valence-electron chi connectivity index (χ3n) is 5.14. The van der Waals surface area contributed by atoms with Crippen LogP contribution in [0.5, 0.6) is 0 Å². The summed E-state index contributed by atoms with van der Waals surface area (Å²) >= 11 is 0. The monoisotopic (exact) mass is 353 g/mol. The van der Waals surface area contributed by atoms with Gasteiger partial charge in [-0.25, -0.2) is 0 Å². The van der Waals surface area contributed by atoms with Gasteiger partial charge in [0.05, 0.1) is 0 Å². The average molecular weight is 353 g/mol. The Morgan fingerprint density at radius 2 is 2.15 bits per heavy atom. The van der Waals surface area contributed by atoms with E-state index >= 15 is 0 Å². The van der Waals surface area contributed by atoms with Crippen LogP contribution in [0.25, 0.3) is 5.65 Å². The number of rotatable bonds is 5. The molecule has 138 valence electrons. The molecule has 0 saturated carbocycles. The number of pyridine rings is 1. The number of hydrogen-bond donors (Lipinski definition) is 1. The molecule has 2 aromatic rings. The summed E-state index contributed by atoms with van der Waals surface area (Å²) in [5, 5.41) is 12.0. The molecule has 4 rings (SSSR count). The Balaban J connectivity index is 1.38. The van der Waals surface area contributed by atoms with E-state index in [2.05, 4.69) is 44.4 Å². The van der Waals surface area contributed by atoms with Crippen molar-refractivity contribution in [2.75, 3.05) is 39.3 Å². The van der Waals surface area contributed by atoms with Crippen LogP contribution in [0.15, 0.2) is 41.5 Å². The van der Waals surface area contributed by atoms with Crippen LogP contribution in [0.2, 0.25) is 0 Å². The van der Waals surface area contributed by atoms with Crippen molar-refractivity contribution in [3.05, 3.63) is 42.4 Å². The zero-order valence-electron chi connectivity index (χ0n) is 15.4. The molecule has 1 N–H and O–H groups in total. The van der Waals surface area contributed by atoms with E-state index in [1.807, 2.05) is 28.8 Å². The van der Waals surface area contributed by atoms with Crippen LogP contribution < -0.4 is 5.32 Å². The molecular formula is C19H27N7. The second kappa shape index (κ2) is 7.86. The molecule has 0 amide bonds. The summed E-state index contributed by atoms with van der Waals surface area (Å²) in [6.45, 7) is 8.03. The van der Waals surface area contributed by atoms with E-state index in [1.54, 1.807) is 0 Å². The minimum Gasteiger partial charge on any atom is -0.357 e. The van der Waals surface area contributed by atoms with Gasteiger partial charge in [-0.15, -0.1) is 10.2 Å². The van der Waals surface area contributed by atoms with Gasteiger partial charge in [-0.1, -0.05) is 18.2 Å². The molecule has 2 aliphatic rings. The highest BCUT2D eigenvalue weighted by molar-refractivity contribution is 5.80. The molecule has 0 radical (unpaired) electrons. The fraction of sp³-hybridized carbons (Fsp3) is 0.526. The highest BCUT2D eigenvalue weighted by Gasteiger charge is 2.29. The lowest BCUT2D eigenvalue weighted by atomic mass is 10.2. The molecule has 0 spiro atoms. The van der Waals surface area contributed by atoms with Gasteiger partial charge in [0, 0.05) is 57.9 Å². The normalized spacial score (nSPS) is 21.2. The lowest BCUT2D eigenvalue weighted by molar-refractivity contribution is 0.259. The Bertz CT molecular complexity index is 786. The number of aliphatic imine (C=N–C) groups is 1. The first-order valence-electron chi connectivity index (χ1n) is 9.56. The molecule has 7 heteroatoms. The highest BCUT2D eigenvalue weighted by Crippen LogP contribution is 2.18. The fourth-order valence-electron chi connectivity index (χ4n) is 3.77. The third-order valence-corrected chi connectivity index (χ3v) is 5.14. The predicted octanol–water partition coefficient (Wildman–Crippen LogP) is 1.18. The molecule has 1 unspecified atom stereocenters. The molecule has 0 bridgehead atoms. The van der Waals surface area contributed by atoms with E-state index in [-0.39, 0.29) is 0 Å². The molecule has 1 saturated heterocycles. The SMILES string of the molecule is CCNC(=NCCc1nnc2ccccn12)N1CCC(N2CC=CC2)C1. The van der Waals surface area contributed by atoms with Gasteiger partial charge in [-0.3, -0.25) is 14.3 Å². The average Bonchev–Trinajstić information content (AvgIpc) is 3.41. The van der Waals surface area contributed by atoms with Gasteiger partial charge in [-0.05, 0) is 25.5 Å². The molecule has 1 atom stereocenters. The van der Waals surface area contributed by atoms with E-state index < -0.39 is 0 Å². The lowest BCUT2D eigenvalue weighted by Gasteiger charge is -2.25. The first-order valence-corrected chi connectivity index (χ1v) is 9.56. The van der Waals surface area contributed by atoms with Crippen molar-refractivity contribution in [1.82, 2.24) is 29.7 Å². The summed E-state index contributed by atoms with van der Waals surface area (Å²) in [4.78, 5) is 9.80. The second-order valence-electron chi connectivity index (χ2n) is 6.84. The van der Waals surface area contributed by atoms with E-state index in [4.69, 9.17) is 4.99 Å². The lowest BCUT2D eigenvalue weighted by Crippen LogP contribution is -2.43. The van der Waals surface area contributed by atoms with Crippen LogP contribution in [0.4, 0.5) is 0 Å². The minimum absolute atomic E-state index is 0.634. The van der Waals surface area contributed by atoms with Crippen molar-refractivity contribution in [2.24, 2.45) is 4.99 Å². The first kappa shape index (κ1) is 17.0. The van der Waals surface area contributed by atoms with E-state index in [0.717, 1.165) is 56.6 Å². The molecule has 1 fully saturated rings. The van der Waals surface area contributed by atoms with E-state index in [1.165, 1.54) is 6.42 Å². The fourth-order valence-corrected chi connectivity index (χ4v) is 3.77. The van der Waals surface area contributed by atoms with Gasteiger partial charge in [-0.2, -0.15) is 0 Å². The Labute approximate surface area is 154 Å². The molecule has 2 aliphatic heterocycles. The second-order valence-corrected chi connectivity index (χ2v) is 6.84. The summed E-state index contributed by atoms with van der Waals surface area (Å²) < 4.78 is 2.04. The number of hydrogen-bond acceptors (Lipinski definition) is 4. The van der Waals surface area contributed by atoms with Crippen molar-refractivity contribution in [3.63, 3.8) is 0 Å². The molecule has 4 heterocycles. The number of likely N-dealkylation sites (tertiary alicyclic amines) is 1. The van der Waals surface area contributed by atoms with Crippen LogP contribution in [0.1, 0.15) is 19.2 Å². The van der Waals surface area contributed by atoms with Crippen molar-refractivity contribution in [3.8, 4) is 0 Å². The molecule has 2 aromatic heterocycles. The van der Waals surface area contributed by atoms with Gasteiger partial charge in [0.15, 0.2) is 11.6 Å². The molecular weight excluding hydrogens is 326 g/mol. The summed E-state index contributed by atoms with van der Waals surface area (Å²) in [7, 11) is 0. The number of nitrogens with zero attached hydrogens (tertiary/aromatic N) is 6. The summed E-state index contributed by atoms with van der Waals surface area (Å²) in [6.07, 6.45) is 8.54. The smallest absolute Gasteiger partial charge is 0.193 e. The van der Waals surface area contributed by atoms with Crippen LogP contribution in [0.3, 0.4) is 0 Å². The molecule has 0 aromatic carbocycles. The predicted molar refractivity (Wildman–Crippen MR) is 103 cm³/mol. The maximum atomic E-state index is 4.85. The van der Waals surface area contributed by atoms with Crippen molar-refractivity contribution in [1.29, 1.82) is 0 Å². The summed E-state index contributed by atoms with van der Waals surface area (Å²) in [5.41, 5.74) is 0.889. The first-order chi connectivity index (χ1) is 12.8. The quantitative estimate of drug-likeness (QED) is 0.497. The Kier molecular flexibility index (Phi) is 5.15. The van der Waals surface area contributed by atoms with Gasteiger partial charge in [0.2, 0.25) is 0 Å². The molecule has 0 aliphatic carbocycles. The summed E-state index contributed by atoms with van der Waals surface area (Å²) in [5.74, 6) is 1.98. The van der Waals surface area contributed by atoms with Crippen LogP contribution in [-0.4, -0.2) is 75.7 Å². The van der Waals surface area contributed by atoms with E-state index in [0.29, 0.717) is 12.6 Å². The molecule has 26 heavy (non-hydrogen) atoms. The Morgan fingerprint density at radius 3 is 3.00 bits per heavy atom. The van der Waals surface area contributed by atoms with E-state index in [9.17, 15) is 0 Å². The molecule has 7 nitrogen and oxygen atoms in total. The third kappa shape index (κ3) is 3.58. The highest BCUT2D eigenvalue weighted by atomic mass is 15.3. The topological polar surface area (TPSA) is 61.1 Å². The maximum Gasteiger partial charge on any atom is 0.193 e. The number of fused-ring (bicyclic) bond motifs is 1. The van der Waals surface area contributed by atoms with Crippen LogP contribution >= 0.6 is 0 Å². The number of guanidine groups is 1. The minimum atomic E-state index is 0.634. The summed E-state index contributed by atoms with van der Waals surface area (Å²) in [6, 6.07) is 6.59. The zero-order valence-corrected chi connectivity index (χ0v) is 15.4. The Morgan fingerprint density at radius 1 is 1.27 bits per heavy atom. The van der Waals surface area contributed by atoms with Crippen LogP contribution in [-0.2, 0) is 6.42 Å². The van der Waals surface area contributed by atoms with Gasteiger partial charge in [0.1, 0.15) is 5.82 Å². The standard InChI is InChI=1S/C19H27N7/c1-2-20-19(25-14-9-16(15-25)24-11-5-6-12-24)21-10-8-18-23-22-17-7-3-4-13-26(17)18/h3-7,13,16H,2,8-12,14-15H2,1H3,(H,20,21). The maximum absolute atomic E-state index is 4.85. The van der Waals surface area contributed by atoms with Crippen LogP contribution in [0, 0.1) is 0 Å². The number of aromatic nitrogens is 3. The Hall–Kier alpha value is -2.41. The largest absolute Gasteiger partial charge is 0.357 e. The number of nitrogens with one attached hydrogen (secondary N) is 1. The van der Waals surface area contributed by atoms with Gasteiger partial charge in [0.25, 0.3) is 0 Å². The van der Waals surface area contributed by atoms with Crippen molar-refractivity contribution < 1.29 is 0 Å². The zero-order chi connectivity index (χ0) is 17.8. The van der Waals surface area contributed by atoms with Crippen molar-refractivity contribution in [2.45, 2.75) is 25.8 Å². The van der Waals surface area contributed by atoms with Crippen molar-refractivity contribution >= 4 is 11.6 Å².